The molecule has 1 unspecified atom stereocenters. The van der Waals surface area contributed by atoms with Crippen LogP contribution in [0.15, 0.2) is 35.0 Å². The summed E-state index contributed by atoms with van der Waals surface area (Å²) in [6, 6.07) is 6.02. The van der Waals surface area contributed by atoms with Crippen LogP contribution < -0.4 is 11.1 Å². The molecule has 0 saturated carbocycles. The van der Waals surface area contributed by atoms with Gasteiger partial charge in [-0.15, -0.1) is 0 Å². The number of nitrogens with one attached hydrogen (secondary N) is 1. The Balaban J connectivity index is 2.00. The maximum atomic E-state index is 13.6. The summed E-state index contributed by atoms with van der Waals surface area (Å²) < 4.78 is 13.6. The summed E-state index contributed by atoms with van der Waals surface area (Å²) in [6.07, 6.45) is 0.728. The number of carbonyl (C=O) groups excluding carboxylic acids is 1. The summed E-state index contributed by atoms with van der Waals surface area (Å²) in [4.78, 5) is 11.9. The Bertz CT molecular complexity index is 569. The first-order valence-electron chi connectivity index (χ1n) is 5.93. The minimum atomic E-state index is -0.597. The molecule has 1 heterocycles. The van der Waals surface area contributed by atoms with Gasteiger partial charge in [-0.3, -0.25) is 4.79 Å². The molecule has 1 amide bonds. The number of amides is 1. The van der Waals surface area contributed by atoms with Crippen molar-refractivity contribution in [3.05, 3.63) is 52.0 Å². The smallest absolute Gasteiger partial charge is 0.254 e. The highest BCUT2D eigenvalue weighted by Gasteiger charge is 2.14. The van der Waals surface area contributed by atoms with Gasteiger partial charge in [-0.2, -0.15) is 11.3 Å². The van der Waals surface area contributed by atoms with Crippen LogP contribution in [0, 0.1) is 5.82 Å². The first kappa shape index (κ1) is 13.5. The van der Waals surface area contributed by atoms with E-state index >= 15 is 0 Å². The van der Waals surface area contributed by atoms with Crippen LogP contribution in [-0.2, 0) is 6.42 Å². The van der Waals surface area contributed by atoms with Crippen LogP contribution in [0.2, 0.25) is 0 Å². The Morgan fingerprint density at radius 3 is 2.89 bits per heavy atom. The van der Waals surface area contributed by atoms with E-state index in [9.17, 15) is 9.18 Å². The van der Waals surface area contributed by atoms with E-state index in [1.54, 1.807) is 11.3 Å². The van der Waals surface area contributed by atoms with E-state index < -0.39 is 11.7 Å². The average molecular weight is 278 g/mol. The van der Waals surface area contributed by atoms with Crippen molar-refractivity contribution in [3.8, 4) is 0 Å². The van der Waals surface area contributed by atoms with E-state index in [2.05, 4.69) is 5.32 Å². The maximum absolute atomic E-state index is 13.6. The molecule has 100 valence electrons. The Morgan fingerprint density at radius 1 is 1.47 bits per heavy atom. The van der Waals surface area contributed by atoms with E-state index in [0.717, 1.165) is 18.1 Å². The molecule has 0 aliphatic rings. The number of thiophene rings is 1. The molecule has 3 N–H and O–H groups in total. The molecule has 0 aliphatic carbocycles. The largest absolute Gasteiger partial charge is 0.399 e. The molecule has 0 spiro atoms. The lowest BCUT2D eigenvalue weighted by atomic mass is 10.1. The molecule has 0 bridgehead atoms. The monoisotopic (exact) mass is 278 g/mol. The quantitative estimate of drug-likeness (QED) is 0.845. The topological polar surface area (TPSA) is 55.1 Å². The first-order chi connectivity index (χ1) is 9.06. The van der Waals surface area contributed by atoms with Crippen LogP contribution in [0.4, 0.5) is 10.1 Å². The van der Waals surface area contributed by atoms with E-state index in [1.807, 2.05) is 23.8 Å². The van der Waals surface area contributed by atoms with Crippen LogP contribution in [0.25, 0.3) is 0 Å². The van der Waals surface area contributed by atoms with Gasteiger partial charge in [0.25, 0.3) is 5.91 Å². The third-order valence-corrected chi connectivity index (χ3v) is 3.47. The predicted octanol–water partition coefficient (Wildman–Crippen LogP) is 2.83. The van der Waals surface area contributed by atoms with Gasteiger partial charge in [0.2, 0.25) is 0 Å². The normalized spacial score (nSPS) is 12.1. The van der Waals surface area contributed by atoms with Gasteiger partial charge in [-0.1, -0.05) is 0 Å². The van der Waals surface area contributed by atoms with Crippen molar-refractivity contribution in [2.75, 3.05) is 5.73 Å². The van der Waals surface area contributed by atoms with Crippen LogP contribution >= 0.6 is 11.3 Å². The van der Waals surface area contributed by atoms with Crippen molar-refractivity contribution < 1.29 is 9.18 Å². The lowest BCUT2D eigenvalue weighted by Gasteiger charge is -2.13. The highest BCUT2D eigenvalue weighted by Crippen LogP contribution is 2.13. The number of hydrogen-bond acceptors (Lipinski definition) is 3. The molecule has 0 fully saturated rings. The molecule has 2 aromatic rings. The van der Waals surface area contributed by atoms with E-state index in [-0.39, 0.29) is 11.6 Å². The number of nitrogens with two attached hydrogens (primary N) is 1. The highest BCUT2D eigenvalue weighted by atomic mass is 32.1. The van der Waals surface area contributed by atoms with Gasteiger partial charge in [-0.25, -0.2) is 4.39 Å². The fourth-order valence-corrected chi connectivity index (χ4v) is 2.51. The predicted molar refractivity (Wildman–Crippen MR) is 75.8 cm³/mol. The Kier molecular flexibility index (Phi) is 4.16. The summed E-state index contributed by atoms with van der Waals surface area (Å²) in [5.41, 5.74) is 6.94. The van der Waals surface area contributed by atoms with Crippen LogP contribution in [0.5, 0.6) is 0 Å². The van der Waals surface area contributed by atoms with Gasteiger partial charge >= 0.3 is 0 Å². The van der Waals surface area contributed by atoms with Gasteiger partial charge in [0.15, 0.2) is 0 Å². The van der Waals surface area contributed by atoms with Crippen molar-refractivity contribution in [2.24, 2.45) is 0 Å². The van der Waals surface area contributed by atoms with E-state index in [1.165, 1.54) is 12.1 Å². The van der Waals surface area contributed by atoms with Crippen molar-refractivity contribution >= 4 is 22.9 Å². The minimum absolute atomic E-state index is 0.0198. The van der Waals surface area contributed by atoms with Crippen molar-refractivity contribution in [2.45, 2.75) is 19.4 Å². The van der Waals surface area contributed by atoms with Crippen molar-refractivity contribution in [1.29, 1.82) is 0 Å². The second-order valence-corrected chi connectivity index (χ2v) is 5.23. The number of hydrogen-bond donors (Lipinski definition) is 2. The Labute approximate surface area is 115 Å². The Morgan fingerprint density at radius 2 is 2.26 bits per heavy atom. The standard InChI is InChI=1S/C14H15FN2OS/c1-9(6-10-4-5-19-8-10)17-14(18)12-3-2-11(16)7-13(12)15/h2-5,7-9H,6,16H2,1H3,(H,17,18). The SMILES string of the molecule is CC(Cc1ccsc1)NC(=O)c1ccc(N)cc1F. The van der Waals surface area contributed by atoms with Gasteiger partial charge < -0.3 is 11.1 Å². The molecule has 0 saturated heterocycles. The summed E-state index contributed by atoms with van der Waals surface area (Å²) in [5, 5.41) is 6.80. The molecule has 2 rings (SSSR count). The second kappa shape index (κ2) is 5.84. The van der Waals surface area contributed by atoms with Gasteiger partial charge in [0.1, 0.15) is 5.82 Å². The maximum Gasteiger partial charge on any atom is 0.254 e. The molecule has 3 nitrogen and oxygen atoms in total. The molecule has 1 aromatic carbocycles. The zero-order chi connectivity index (χ0) is 13.8. The molecule has 1 aromatic heterocycles. The number of benzene rings is 1. The lowest BCUT2D eigenvalue weighted by molar-refractivity contribution is 0.0936. The van der Waals surface area contributed by atoms with Crippen molar-refractivity contribution in [1.82, 2.24) is 5.32 Å². The Hall–Kier alpha value is -1.88. The average Bonchev–Trinajstić information content (AvgIpc) is 2.81. The van der Waals surface area contributed by atoms with E-state index in [4.69, 9.17) is 5.73 Å². The number of nitrogen functional groups attached to an aromatic ring is 1. The van der Waals surface area contributed by atoms with Gasteiger partial charge in [0, 0.05) is 11.7 Å². The number of anilines is 1. The summed E-state index contributed by atoms with van der Waals surface area (Å²) in [5.74, 6) is -1.01. The molecule has 19 heavy (non-hydrogen) atoms. The zero-order valence-electron chi connectivity index (χ0n) is 10.5. The first-order valence-corrected chi connectivity index (χ1v) is 6.87. The van der Waals surface area contributed by atoms with E-state index in [0.29, 0.717) is 5.69 Å². The fourth-order valence-electron chi connectivity index (χ4n) is 1.83. The number of carbonyl (C=O) groups is 1. The highest BCUT2D eigenvalue weighted by molar-refractivity contribution is 7.07. The van der Waals surface area contributed by atoms with Crippen molar-refractivity contribution in [3.63, 3.8) is 0 Å². The minimum Gasteiger partial charge on any atom is -0.399 e. The van der Waals surface area contributed by atoms with Crippen LogP contribution in [0.1, 0.15) is 22.8 Å². The molecular weight excluding hydrogens is 263 g/mol. The molecule has 1 atom stereocenters. The third kappa shape index (κ3) is 3.54. The fraction of sp³-hybridized carbons (Fsp3) is 0.214. The summed E-state index contributed by atoms with van der Waals surface area (Å²) >= 11 is 1.61. The summed E-state index contributed by atoms with van der Waals surface area (Å²) in [7, 11) is 0. The number of halogens is 1. The molecule has 0 radical (unpaired) electrons. The molecular formula is C14H15FN2OS. The van der Waals surface area contributed by atoms with Gasteiger partial charge in [0.05, 0.1) is 5.56 Å². The third-order valence-electron chi connectivity index (χ3n) is 2.74. The summed E-state index contributed by atoms with van der Waals surface area (Å²) in [6.45, 7) is 1.89. The van der Waals surface area contributed by atoms with Crippen LogP contribution in [-0.4, -0.2) is 11.9 Å². The lowest BCUT2D eigenvalue weighted by Crippen LogP contribution is -2.34. The van der Waals surface area contributed by atoms with Crippen LogP contribution in [0.3, 0.4) is 0 Å². The molecule has 5 heteroatoms. The second-order valence-electron chi connectivity index (χ2n) is 4.45. The molecule has 0 aliphatic heterocycles. The van der Waals surface area contributed by atoms with Gasteiger partial charge in [-0.05, 0) is 53.9 Å². The number of rotatable bonds is 4. The zero-order valence-corrected chi connectivity index (χ0v) is 11.3.